The van der Waals surface area contributed by atoms with Crippen LogP contribution in [0.15, 0.2) is 182 Å². The monoisotopic (exact) mass is 1670 g/mol. The first-order valence-corrected chi connectivity index (χ1v) is 49.1. The number of rotatable bonds is 86. The highest BCUT2D eigenvalue weighted by atomic mass is 31.2. The fraction of sp³-hybridized carbons (Fsp3) is 0.667. The third-order valence-corrected chi connectivity index (χ3v) is 21.0. The zero-order chi connectivity index (χ0) is 85.1. The summed E-state index contributed by atoms with van der Waals surface area (Å²) in [4.78, 5) is 59.0. The van der Waals surface area contributed by atoms with Gasteiger partial charge >= 0.3 is 33.6 Å². The lowest BCUT2D eigenvalue weighted by Crippen LogP contribution is -2.30. The Bertz CT molecular complexity index is 2860. The summed E-state index contributed by atoms with van der Waals surface area (Å²) in [5, 5.41) is 20.7. The van der Waals surface area contributed by atoms with E-state index in [1.807, 2.05) is 0 Å². The number of carbonyl (C=O) groups is 3. The molecule has 0 saturated heterocycles. The highest BCUT2D eigenvalue weighted by Crippen LogP contribution is 2.45. The molecule has 0 aliphatic rings. The molecule has 5 atom stereocenters. The zero-order valence-electron chi connectivity index (χ0n) is 73.6. The third kappa shape index (κ3) is 91.2. The van der Waals surface area contributed by atoms with Crippen molar-refractivity contribution in [1.29, 1.82) is 0 Å². The first-order chi connectivity index (χ1) is 57.2. The number of phosphoric acid groups is 2. The van der Waals surface area contributed by atoms with Crippen LogP contribution in [-0.4, -0.2) is 95.9 Å². The molecule has 0 fully saturated rings. The van der Waals surface area contributed by atoms with E-state index < -0.39 is 91.5 Å². The number of unbranched alkanes of at least 4 members (excludes halogenated alkanes) is 33. The Kier molecular flexibility index (Phi) is 85.8. The number of hydrogen-bond donors (Lipinski definition) is 4. The summed E-state index contributed by atoms with van der Waals surface area (Å²) >= 11 is 0. The van der Waals surface area contributed by atoms with Gasteiger partial charge in [-0.2, -0.15) is 0 Å². The van der Waals surface area contributed by atoms with Gasteiger partial charge in [0.2, 0.25) is 0 Å². The average Bonchev–Trinajstić information content (AvgIpc) is 0.898. The van der Waals surface area contributed by atoms with Crippen LogP contribution in [0, 0.1) is 0 Å². The standard InChI is InChI=1S/C99H166O16P2/c1-4-7-10-13-16-19-22-25-28-31-34-37-40-42-44-45-46-47-49-51-53-55-58-61-64-67-70-73-76-79-82-85-97(102)109-88-94(100)89-111-116(105,106)112-90-95(101)91-113-117(107,108)114-93-96(115-99(104)87-84-81-78-75-72-69-66-63-60-57-52-39-36-33-30-27-24-21-18-15-12-9-6-3)92-110-98(103)86-83-80-77-74-71-68-65-62-59-56-54-50-48-43-41-38-35-32-29-26-23-20-17-14-11-8-5-2/h8-9,11-12,16-21,25-30,34-39,42-44,48,57,60,66,69,94-96,100-101H,4-7,10,13-15,22-24,31-33,40-41,45-47,49-56,58-59,61-65,67-68,70-93H2,1-3H3,(H,105,106)(H,107,108)/b11-8-,12-9-,19-16-,20-17-,21-18-,28-25-,29-26-,30-27-,37-34-,38-35-,39-36-,44-42-,48-43-,60-57-,69-66-. The van der Waals surface area contributed by atoms with Gasteiger partial charge in [-0.05, 0) is 161 Å². The Morgan fingerprint density at radius 2 is 0.453 bits per heavy atom. The highest BCUT2D eigenvalue weighted by molar-refractivity contribution is 7.47. The van der Waals surface area contributed by atoms with Crippen molar-refractivity contribution in [2.24, 2.45) is 0 Å². The van der Waals surface area contributed by atoms with Crippen LogP contribution in [0.25, 0.3) is 0 Å². The van der Waals surface area contributed by atoms with Gasteiger partial charge in [0.25, 0.3) is 0 Å². The van der Waals surface area contributed by atoms with E-state index in [1.54, 1.807) is 0 Å². The van der Waals surface area contributed by atoms with Gasteiger partial charge in [-0.15, -0.1) is 0 Å². The van der Waals surface area contributed by atoms with Crippen LogP contribution in [0.4, 0.5) is 0 Å². The van der Waals surface area contributed by atoms with Gasteiger partial charge in [0.05, 0.1) is 26.4 Å². The molecule has 0 aliphatic heterocycles. The molecule has 0 aromatic carbocycles. The van der Waals surface area contributed by atoms with Crippen molar-refractivity contribution in [1.82, 2.24) is 0 Å². The topological polar surface area (TPSA) is 231 Å². The largest absolute Gasteiger partial charge is 0.472 e. The summed E-state index contributed by atoms with van der Waals surface area (Å²) in [6.45, 7) is 2.42. The van der Waals surface area contributed by atoms with Crippen LogP contribution in [0.2, 0.25) is 0 Å². The van der Waals surface area contributed by atoms with Gasteiger partial charge in [0.15, 0.2) is 6.10 Å². The molecule has 16 nitrogen and oxygen atoms in total. The average molecular weight is 1670 g/mol. The van der Waals surface area contributed by atoms with Crippen LogP contribution in [-0.2, 0) is 55.8 Å². The quantitative estimate of drug-likeness (QED) is 0.0146. The van der Waals surface area contributed by atoms with Gasteiger partial charge in [-0.1, -0.05) is 370 Å². The fourth-order valence-corrected chi connectivity index (χ4v) is 13.8. The van der Waals surface area contributed by atoms with E-state index in [0.717, 1.165) is 167 Å². The lowest BCUT2D eigenvalue weighted by atomic mass is 10.0. The Labute approximate surface area is 713 Å². The number of carbonyl (C=O) groups excluding carboxylic acids is 3. The predicted octanol–water partition coefficient (Wildman–Crippen LogP) is 28.4. The minimum absolute atomic E-state index is 0.0680. The molecule has 117 heavy (non-hydrogen) atoms. The van der Waals surface area contributed by atoms with Crippen LogP contribution in [0.1, 0.15) is 367 Å². The van der Waals surface area contributed by atoms with Crippen molar-refractivity contribution in [3.63, 3.8) is 0 Å². The van der Waals surface area contributed by atoms with Crippen molar-refractivity contribution in [2.45, 2.75) is 386 Å². The van der Waals surface area contributed by atoms with Gasteiger partial charge < -0.3 is 34.2 Å². The van der Waals surface area contributed by atoms with Crippen molar-refractivity contribution in [3.8, 4) is 0 Å². The second-order valence-electron chi connectivity index (χ2n) is 30.3. The van der Waals surface area contributed by atoms with Gasteiger partial charge in [-0.3, -0.25) is 32.5 Å². The number of esters is 3. The molecule has 5 unspecified atom stereocenters. The summed E-state index contributed by atoms with van der Waals surface area (Å²) in [7, 11) is -9.83. The van der Waals surface area contributed by atoms with E-state index in [-0.39, 0.29) is 19.3 Å². The van der Waals surface area contributed by atoms with Gasteiger partial charge in [0.1, 0.15) is 25.4 Å². The molecule has 0 saturated carbocycles. The lowest BCUT2D eigenvalue weighted by Gasteiger charge is -2.21. The number of aliphatic hydroxyl groups excluding tert-OH is 2. The van der Waals surface area contributed by atoms with E-state index >= 15 is 0 Å². The number of hydrogen-bond acceptors (Lipinski definition) is 14. The van der Waals surface area contributed by atoms with Gasteiger partial charge in [0, 0.05) is 19.3 Å². The van der Waals surface area contributed by atoms with E-state index in [4.69, 9.17) is 32.3 Å². The lowest BCUT2D eigenvalue weighted by molar-refractivity contribution is -0.161. The first kappa shape index (κ1) is 112. The second-order valence-corrected chi connectivity index (χ2v) is 33.2. The molecule has 0 aromatic rings. The van der Waals surface area contributed by atoms with Gasteiger partial charge in [-0.25, -0.2) is 9.13 Å². The molecule has 668 valence electrons. The summed E-state index contributed by atoms with van der Waals surface area (Å²) in [5.74, 6) is -1.61. The van der Waals surface area contributed by atoms with Crippen LogP contribution in [0.3, 0.4) is 0 Å². The summed E-state index contributed by atoms with van der Waals surface area (Å²) in [5.41, 5.74) is 0. The summed E-state index contributed by atoms with van der Waals surface area (Å²) in [6.07, 6.45) is 118. The normalized spacial score (nSPS) is 14.6. The molecule has 0 amide bonds. The number of ether oxygens (including phenoxy) is 3. The molecule has 0 bridgehead atoms. The number of aliphatic hydroxyl groups is 2. The number of phosphoric ester groups is 2. The molecular weight excluding hydrogens is 1510 g/mol. The minimum atomic E-state index is -4.96. The van der Waals surface area contributed by atoms with Crippen molar-refractivity contribution < 1.29 is 75.8 Å². The fourth-order valence-electron chi connectivity index (χ4n) is 12.2. The molecule has 0 radical (unpaired) electrons. The highest BCUT2D eigenvalue weighted by Gasteiger charge is 2.29. The van der Waals surface area contributed by atoms with E-state index in [0.29, 0.717) is 19.3 Å². The molecule has 18 heteroatoms. The van der Waals surface area contributed by atoms with Crippen LogP contribution in [0.5, 0.6) is 0 Å². The maximum Gasteiger partial charge on any atom is 0.472 e. The molecule has 0 spiro atoms. The summed E-state index contributed by atoms with van der Waals surface area (Å²) in [6, 6.07) is 0. The molecule has 0 heterocycles. The Hall–Kier alpha value is -5.35. The second kappa shape index (κ2) is 89.9. The molecule has 0 aliphatic carbocycles. The Morgan fingerprint density at radius 3 is 0.718 bits per heavy atom. The maximum absolute atomic E-state index is 13.1. The minimum Gasteiger partial charge on any atom is -0.463 e. The SMILES string of the molecule is CC/C=C\C/C=C\C/C=C\C/C=C\C/C=C\C/C=C\CCCCCCC(=O)OC(COC(=O)CCCCCCCCCCCCC/C=C\C/C=C\C/C=C\C/C=C\C/C=C\CC)COP(=O)(O)OCC(O)COP(=O)(O)OCC(O)COC(=O)CCCCCCCCCCCCCCCCC/C=C\C/C=C\C/C=C\C/C=C\CCCCC. The molecular formula is C99H166O16P2. The summed E-state index contributed by atoms with van der Waals surface area (Å²) < 4.78 is 61.5. The Morgan fingerprint density at radius 1 is 0.248 bits per heavy atom. The van der Waals surface area contributed by atoms with Crippen molar-refractivity contribution in [3.05, 3.63) is 182 Å². The van der Waals surface area contributed by atoms with E-state index in [1.165, 1.54) is 141 Å². The first-order valence-electron chi connectivity index (χ1n) is 46.1. The van der Waals surface area contributed by atoms with Crippen molar-refractivity contribution in [2.75, 3.05) is 39.6 Å². The van der Waals surface area contributed by atoms with E-state index in [9.17, 15) is 43.5 Å². The maximum atomic E-state index is 13.1. The Balaban J connectivity index is 4.64. The number of allylic oxidation sites excluding steroid dienone is 30. The molecule has 0 rings (SSSR count). The smallest absolute Gasteiger partial charge is 0.463 e. The third-order valence-electron chi connectivity index (χ3n) is 19.1. The molecule has 4 N–H and O–H groups in total. The van der Waals surface area contributed by atoms with Crippen molar-refractivity contribution >= 4 is 33.6 Å². The van der Waals surface area contributed by atoms with Crippen LogP contribution >= 0.6 is 15.6 Å². The van der Waals surface area contributed by atoms with Crippen LogP contribution < -0.4 is 0 Å². The molecule has 0 aromatic heterocycles. The zero-order valence-corrected chi connectivity index (χ0v) is 75.4. The predicted molar refractivity (Wildman–Crippen MR) is 491 cm³/mol. The van der Waals surface area contributed by atoms with E-state index in [2.05, 4.69) is 203 Å².